The van der Waals surface area contributed by atoms with Crippen LogP contribution in [-0.2, 0) is 14.3 Å². The first-order valence-corrected chi connectivity index (χ1v) is 5.52. The molecular formula is C10H17N3O4. The van der Waals surface area contributed by atoms with Crippen molar-refractivity contribution in [1.82, 2.24) is 16.0 Å². The lowest BCUT2D eigenvalue weighted by molar-refractivity contribution is -0.128. The smallest absolute Gasteiger partial charge is 0.407 e. The van der Waals surface area contributed by atoms with E-state index in [1.807, 2.05) is 0 Å². The van der Waals surface area contributed by atoms with Gasteiger partial charge < -0.3 is 20.7 Å². The van der Waals surface area contributed by atoms with Crippen molar-refractivity contribution in [2.75, 3.05) is 20.2 Å². The third-order valence-electron chi connectivity index (χ3n) is 2.45. The number of methoxy groups -OCH3 is 1. The summed E-state index contributed by atoms with van der Waals surface area (Å²) < 4.78 is 4.32. The minimum atomic E-state index is -0.675. The molecular weight excluding hydrogens is 226 g/mol. The van der Waals surface area contributed by atoms with Crippen molar-refractivity contribution in [1.29, 1.82) is 0 Å². The molecule has 7 heteroatoms. The molecule has 0 aromatic carbocycles. The fourth-order valence-electron chi connectivity index (χ4n) is 1.55. The lowest BCUT2D eigenvalue weighted by atomic mass is 10.1. The van der Waals surface area contributed by atoms with Crippen LogP contribution in [0.15, 0.2) is 0 Å². The fraction of sp³-hybridized carbons (Fsp3) is 0.700. The molecule has 0 aromatic rings. The summed E-state index contributed by atoms with van der Waals surface area (Å²) in [6.07, 6.45) is 1.74. The molecule has 0 bridgehead atoms. The molecule has 0 spiro atoms. The monoisotopic (exact) mass is 243 g/mol. The molecule has 7 nitrogen and oxygen atoms in total. The summed E-state index contributed by atoms with van der Waals surface area (Å²) >= 11 is 0. The predicted molar refractivity (Wildman–Crippen MR) is 59.2 cm³/mol. The van der Waals surface area contributed by atoms with Gasteiger partial charge >= 0.3 is 6.09 Å². The van der Waals surface area contributed by atoms with E-state index in [4.69, 9.17) is 0 Å². The Morgan fingerprint density at radius 2 is 2.24 bits per heavy atom. The normalized spacial score (nSPS) is 19.8. The van der Waals surface area contributed by atoms with Gasteiger partial charge in [-0.3, -0.25) is 9.59 Å². The summed E-state index contributed by atoms with van der Waals surface area (Å²) in [5.74, 6) is -0.577. The molecule has 1 aliphatic heterocycles. The molecule has 3 amide bonds. The second kappa shape index (κ2) is 6.72. The first kappa shape index (κ1) is 13.3. The van der Waals surface area contributed by atoms with Crippen LogP contribution in [0.25, 0.3) is 0 Å². The molecule has 1 heterocycles. The Hall–Kier alpha value is -1.79. The Bertz CT molecular complexity index is 306. The molecule has 17 heavy (non-hydrogen) atoms. The van der Waals surface area contributed by atoms with E-state index in [2.05, 4.69) is 20.7 Å². The van der Waals surface area contributed by atoms with Gasteiger partial charge in [0, 0.05) is 6.54 Å². The second-order valence-electron chi connectivity index (χ2n) is 3.75. The molecule has 0 aromatic heterocycles. The maximum absolute atomic E-state index is 11.5. The summed E-state index contributed by atoms with van der Waals surface area (Å²) in [7, 11) is 1.21. The third kappa shape index (κ3) is 4.71. The van der Waals surface area contributed by atoms with Crippen molar-refractivity contribution >= 4 is 17.9 Å². The Morgan fingerprint density at radius 3 is 2.94 bits per heavy atom. The van der Waals surface area contributed by atoms with E-state index in [1.165, 1.54) is 7.11 Å². The minimum Gasteiger partial charge on any atom is -0.453 e. The van der Waals surface area contributed by atoms with Crippen molar-refractivity contribution < 1.29 is 19.1 Å². The zero-order chi connectivity index (χ0) is 12.7. The van der Waals surface area contributed by atoms with Crippen LogP contribution in [0.4, 0.5) is 4.79 Å². The predicted octanol–water partition coefficient (Wildman–Crippen LogP) is -0.873. The molecule has 0 saturated carbocycles. The van der Waals surface area contributed by atoms with Gasteiger partial charge in [-0.25, -0.2) is 4.79 Å². The van der Waals surface area contributed by atoms with Gasteiger partial charge in [0.05, 0.1) is 7.11 Å². The van der Waals surface area contributed by atoms with Crippen molar-refractivity contribution in [3.8, 4) is 0 Å². The van der Waals surface area contributed by atoms with E-state index in [0.29, 0.717) is 13.0 Å². The summed E-state index contributed by atoms with van der Waals surface area (Å²) in [5.41, 5.74) is 0. The van der Waals surface area contributed by atoms with Crippen LogP contribution >= 0.6 is 0 Å². The number of rotatable bonds is 3. The van der Waals surface area contributed by atoms with Crippen LogP contribution in [-0.4, -0.2) is 44.1 Å². The van der Waals surface area contributed by atoms with Crippen LogP contribution in [0.1, 0.15) is 19.3 Å². The molecule has 1 atom stereocenters. The Labute approximate surface area is 99.3 Å². The van der Waals surface area contributed by atoms with E-state index >= 15 is 0 Å². The highest BCUT2D eigenvalue weighted by molar-refractivity contribution is 5.89. The summed E-state index contributed by atoms with van der Waals surface area (Å²) in [5, 5.41) is 7.52. The van der Waals surface area contributed by atoms with Gasteiger partial charge in [-0.05, 0) is 19.3 Å². The first-order chi connectivity index (χ1) is 8.13. The Kier molecular flexibility index (Phi) is 5.25. The van der Waals surface area contributed by atoms with E-state index in [-0.39, 0.29) is 12.5 Å². The number of nitrogens with one attached hydrogen (secondary N) is 3. The fourth-order valence-corrected chi connectivity index (χ4v) is 1.55. The van der Waals surface area contributed by atoms with Gasteiger partial charge in [-0.1, -0.05) is 0 Å². The molecule has 1 saturated heterocycles. The number of hydrogen-bond donors (Lipinski definition) is 3. The maximum Gasteiger partial charge on any atom is 0.407 e. The zero-order valence-electron chi connectivity index (χ0n) is 9.75. The molecule has 0 aliphatic carbocycles. The number of carbonyl (C=O) groups is 3. The van der Waals surface area contributed by atoms with Crippen LogP contribution in [0, 0.1) is 0 Å². The molecule has 0 radical (unpaired) electrons. The molecule has 1 fully saturated rings. The molecule has 0 unspecified atom stereocenters. The average molecular weight is 243 g/mol. The number of alkyl carbamates (subject to hydrolysis) is 1. The topological polar surface area (TPSA) is 96.5 Å². The van der Waals surface area contributed by atoms with Crippen molar-refractivity contribution in [2.45, 2.75) is 25.3 Å². The van der Waals surface area contributed by atoms with Gasteiger partial charge in [-0.15, -0.1) is 0 Å². The zero-order valence-corrected chi connectivity index (χ0v) is 9.75. The Balaban J connectivity index is 2.33. The molecule has 3 N–H and O–H groups in total. The van der Waals surface area contributed by atoms with Gasteiger partial charge in [0.2, 0.25) is 11.8 Å². The minimum absolute atomic E-state index is 0.172. The van der Waals surface area contributed by atoms with Crippen molar-refractivity contribution in [3.05, 3.63) is 0 Å². The molecule has 96 valence electrons. The summed E-state index contributed by atoms with van der Waals surface area (Å²) in [6.45, 7) is 0.446. The first-order valence-electron chi connectivity index (χ1n) is 5.52. The van der Waals surface area contributed by atoms with Gasteiger partial charge in [0.1, 0.15) is 12.6 Å². The standard InChI is InChI=1S/C10H17N3O4/c1-17-10(16)12-6-8(14)13-7-4-2-3-5-11-9(7)15/h7H,2-6H2,1H3,(H,11,15)(H,12,16)(H,13,14)/t7-/m0/s1. The highest BCUT2D eigenvalue weighted by atomic mass is 16.5. The lowest BCUT2D eigenvalue weighted by Gasteiger charge is -2.15. The number of hydrogen-bond acceptors (Lipinski definition) is 4. The van der Waals surface area contributed by atoms with Crippen LogP contribution in [0.2, 0.25) is 0 Å². The highest BCUT2D eigenvalue weighted by Crippen LogP contribution is 2.04. The van der Waals surface area contributed by atoms with Crippen LogP contribution in [0.5, 0.6) is 0 Å². The maximum atomic E-state index is 11.5. The highest BCUT2D eigenvalue weighted by Gasteiger charge is 2.22. The number of carbonyl (C=O) groups excluding carboxylic acids is 3. The van der Waals surface area contributed by atoms with Gasteiger partial charge in [0.15, 0.2) is 0 Å². The lowest BCUT2D eigenvalue weighted by Crippen LogP contribution is -2.48. The quantitative estimate of drug-likeness (QED) is 0.600. The van der Waals surface area contributed by atoms with E-state index in [9.17, 15) is 14.4 Å². The Morgan fingerprint density at radius 1 is 1.47 bits per heavy atom. The second-order valence-corrected chi connectivity index (χ2v) is 3.75. The third-order valence-corrected chi connectivity index (χ3v) is 2.45. The molecule has 1 aliphatic rings. The average Bonchev–Trinajstić information content (AvgIpc) is 2.52. The SMILES string of the molecule is COC(=O)NCC(=O)N[C@H]1CCCCNC1=O. The van der Waals surface area contributed by atoms with Gasteiger partial charge in [0.25, 0.3) is 0 Å². The van der Waals surface area contributed by atoms with Crippen LogP contribution in [0.3, 0.4) is 0 Å². The van der Waals surface area contributed by atoms with E-state index < -0.39 is 18.0 Å². The van der Waals surface area contributed by atoms with Crippen molar-refractivity contribution in [2.24, 2.45) is 0 Å². The van der Waals surface area contributed by atoms with Crippen LogP contribution < -0.4 is 16.0 Å². The number of amides is 3. The summed E-state index contributed by atoms with van der Waals surface area (Å²) in [4.78, 5) is 33.7. The van der Waals surface area contributed by atoms with Crippen molar-refractivity contribution in [3.63, 3.8) is 0 Å². The number of ether oxygens (including phenoxy) is 1. The van der Waals surface area contributed by atoms with Gasteiger partial charge in [-0.2, -0.15) is 0 Å². The van der Waals surface area contributed by atoms with E-state index in [1.54, 1.807) is 0 Å². The molecule has 1 rings (SSSR count). The largest absolute Gasteiger partial charge is 0.453 e. The summed E-state index contributed by atoms with van der Waals surface area (Å²) in [6, 6.07) is -0.510. The van der Waals surface area contributed by atoms with E-state index in [0.717, 1.165) is 12.8 Å².